The topological polar surface area (TPSA) is 95.9 Å². The number of amides is 2. The summed E-state index contributed by atoms with van der Waals surface area (Å²) in [5, 5.41) is 11.5. The van der Waals surface area contributed by atoms with E-state index in [9.17, 15) is 23.9 Å². The van der Waals surface area contributed by atoms with Gasteiger partial charge in [-0.15, -0.1) is 0 Å². The molecule has 0 radical (unpaired) electrons. The first kappa shape index (κ1) is 22.8. The van der Waals surface area contributed by atoms with E-state index in [1.54, 1.807) is 36.4 Å². The minimum Gasteiger partial charge on any atom is -0.489 e. The Bertz CT molecular complexity index is 1340. The molecule has 2 N–H and O–H groups in total. The Hall–Kier alpha value is -4.37. The third kappa shape index (κ3) is 5.00. The summed E-state index contributed by atoms with van der Waals surface area (Å²) in [7, 11) is 0. The fourth-order valence-electron chi connectivity index (χ4n) is 3.29. The summed E-state index contributed by atoms with van der Waals surface area (Å²) in [5.74, 6) is -2.31. The maximum Gasteiger partial charge on any atom is 0.335 e. The van der Waals surface area contributed by atoms with Gasteiger partial charge in [0.1, 0.15) is 23.7 Å². The number of halogens is 1. The first-order chi connectivity index (χ1) is 16.3. The molecule has 0 aromatic heterocycles. The fraction of sp³-hybridized carbons (Fsp3) is 0.0400. The average molecular weight is 476 g/mol. The Labute approximate surface area is 199 Å². The Morgan fingerprint density at radius 3 is 2.50 bits per heavy atom. The van der Waals surface area contributed by atoms with Crippen LogP contribution in [0.25, 0.3) is 6.08 Å². The van der Waals surface area contributed by atoms with Crippen LogP contribution in [0.5, 0.6) is 5.75 Å². The molecule has 1 heterocycles. The van der Waals surface area contributed by atoms with Gasteiger partial charge in [0, 0.05) is 0 Å². The SMILES string of the molecule is O=C1NC(=S)N(c2cccc(C(=O)O)c2)C(=O)C1=Cc1ccc(OCc2cccc(F)c2)cc1. The molecule has 1 aliphatic heterocycles. The molecule has 170 valence electrons. The zero-order valence-electron chi connectivity index (χ0n) is 17.5. The van der Waals surface area contributed by atoms with Crippen LogP contribution in [0, 0.1) is 5.82 Å². The van der Waals surface area contributed by atoms with E-state index in [0.29, 0.717) is 16.9 Å². The molecule has 0 aliphatic carbocycles. The second kappa shape index (κ2) is 9.63. The highest BCUT2D eigenvalue weighted by Crippen LogP contribution is 2.24. The second-order valence-corrected chi connectivity index (χ2v) is 7.69. The lowest BCUT2D eigenvalue weighted by atomic mass is 10.1. The van der Waals surface area contributed by atoms with Gasteiger partial charge in [-0.25, -0.2) is 9.18 Å². The monoisotopic (exact) mass is 476 g/mol. The van der Waals surface area contributed by atoms with Crippen molar-refractivity contribution in [2.45, 2.75) is 6.61 Å². The molecule has 0 unspecified atom stereocenters. The zero-order valence-corrected chi connectivity index (χ0v) is 18.3. The Morgan fingerprint density at radius 1 is 1.06 bits per heavy atom. The highest BCUT2D eigenvalue weighted by atomic mass is 32.1. The first-order valence-corrected chi connectivity index (χ1v) is 10.4. The molecular formula is C25H17FN2O5S. The minimum absolute atomic E-state index is 0.0237. The molecule has 34 heavy (non-hydrogen) atoms. The van der Waals surface area contributed by atoms with Gasteiger partial charge in [0.25, 0.3) is 11.8 Å². The fourth-order valence-corrected chi connectivity index (χ4v) is 3.57. The number of ether oxygens (including phenoxy) is 1. The summed E-state index contributed by atoms with van der Waals surface area (Å²) < 4.78 is 18.9. The number of carboxylic acid groups (broad SMARTS) is 1. The van der Waals surface area contributed by atoms with E-state index in [2.05, 4.69) is 5.32 Å². The van der Waals surface area contributed by atoms with Crippen LogP contribution in [0.3, 0.4) is 0 Å². The lowest BCUT2D eigenvalue weighted by molar-refractivity contribution is -0.122. The van der Waals surface area contributed by atoms with Gasteiger partial charge >= 0.3 is 5.97 Å². The highest BCUT2D eigenvalue weighted by molar-refractivity contribution is 7.80. The van der Waals surface area contributed by atoms with Crippen LogP contribution in [-0.4, -0.2) is 28.0 Å². The summed E-state index contributed by atoms with van der Waals surface area (Å²) in [4.78, 5) is 37.9. The van der Waals surface area contributed by atoms with E-state index in [-0.39, 0.29) is 34.4 Å². The predicted molar refractivity (Wildman–Crippen MR) is 127 cm³/mol. The van der Waals surface area contributed by atoms with Crippen molar-refractivity contribution in [1.82, 2.24) is 5.32 Å². The van der Waals surface area contributed by atoms with Crippen LogP contribution in [0.2, 0.25) is 0 Å². The summed E-state index contributed by atoms with van der Waals surface area (Å²) in [6.45, 7) is 0.181. The van der Waals surface area contributed by atoms with Crippen LogP contribution in [0.4, 0.5) is 10.1 Å². The third-order valence-electron chi connectivity index (χ3n) is 4.94. The maximum atomic E-state index is 13.3. The number of nitrogens with one attached hydrogen (secondary N) is 1. The predicted octanol–water partition coefficient (Wildman–Crippen LogP) is 3.93. The summed E-state index contributed by atoms with van der Waals surface area (Å²) in [6.07, 6.45) is 1.41. The minimum atomic E-state index is -1.16. The Morgan fingerprint density at radius 2 is 1.79 bits per heavy atom. The van der Waals surface area contributed by atoms with Crippen LogP contribution in [0.15, 0.2) is 78.4 Å². The van der Waals surface area contributed by atoms with Crippen molar-refractivity contribution in [3.05, 3.63) is 101 Å². The molecule has 0 bridgehead atoms. The number of nitrogens with zero attached hydrogens (tertiary/aromatic N) is 1. The number of thiocarbonyl (C=S) groups is 1. The maximum absolute atomic E-state index is 13.3. The Balaban J connectivity index is 1.53. The number of carbonyl (C=O) groups excluding carboxylic acids is 2. The number of benzene rings is 3. The molecule has 1 fully saturated rings. The van der Waals surface area contributed by atoms with Gasteiger partial charge in [0.15, 0.2) is 5.11 Å². The lowest BCUT2D eigenvalue weighted by Gasteiger charge is -2.29. The van der Waals surface area contributed by atoms with E-state index in [4.69, 9.17) is 17.0 Å². The van der Waals surface area contributed by atoms with E-state index >= 15 is 0 Å². The number of anilines is 1. The number of aromatic carboxylic acids is 1. The summed E-state index contributed by atoms with van der Waals surface area (Å²) in [5.41, 5.74) is 1.27. The van der Waals surface area contributed by atoms with Crippen molar-refractivity contribution in [1.29, 1.82) is 0 Å². The molecule has 9 heteroatoms. The van der Waals surface area contributed by atoms with Crippen LogP contribution in [0.1, 0.15) is 21.5 Å². The molecule has 3 aromatic carbocycles. The van der Waals surface area contributed by atoms with Gasteiger partial charge in [0.05, 0.1) is 11.3 Å². The van der Waals surface area contributed by atoms with Crippen molar-refractivity contribution >= 4 is 46.9 Å². The van der Waals surface area contributed by atoms with Gasteiger partial charge in [-0.2, -0.15) is 0 Å². The van der Waals surface area contributed by atoms with Crippen molar-refractivity contribution in [3.63, 3.8) is 0 Å². The van der Waals surface area contributed by atoms with Crippen LogP contribution >= 0.6 is 12.2 Å². The van der Waals surface area contributed by atoms with Gasteiger partial charge in [-0.1, -0.05) is 30.3 Å². The van der Waals surface area contributed by atoms with Gasteiger partial charge in [-0.05, 0) is 71.9 Å². The van der Waals surface area contributed by atoms with Crippen molar-refractivity contribution in [2.75, 3.05) is 4.90 Å². The number of carbonyl (C=O) groups is 3. The largest absolute Gasteiger partial charge is 0.489 e. The van der Waals surface area contributed by atoms with E-state index < -0.39 is 17.8 Å². The molecule has 2 amide bonds. The van der Waals surface area contributed by atoms with Crippen LogP contribution < -0.4 is 15.0 Å². The van der Waals surface area contributed by atoms with Crippen molar-refractivity contribution in [3.8, 4) is 5.75 Å². The van der Waals surface area contributed by atoms with E-state index in [1.165, 1.54) is 42.5 Å². The Kier molecular flexibility index (Phi) is 6.46. The number of hydrogen-bond donors (Lipinski definition) is 2. The quantitative estimate of drug-likeness (QED) is 0.318. The molecule has 7 nitrogen and oxygen atoms in total. The van der Waals surface area contributed by atoms with Crippen molar-refractivity contribution < 1.29 is 28.6 Å². The standard InChI is InChI=1S/C25H17FN2O5S/c26-18-5-1-3-16(11-18)14-33-20-9-7-15(8-10-20)12-21-22(29)27-25(34)28(23(21)30)19-6-2-4-17(13-19)24(31)32/h1-13H,14H2,(H,31,32)(H,27,29,34). The smallest absolute Gasteiger partial charge is 0.335 e. The number of hydrogen-bond acceptors (Lipinski definition) is 5. The van der Waals surface area contributed by atoms with E-state index in [1.807, 2.05) is 0 Å². The normalized spacial score (nSPS) is 14.8. The molecule has 0 spiro atoms. The lowest BCUT2D eigenvalue weighted by Crippen LogP contribution is -2.54. The van der Waals surface area contributed by atoms with Gasteiger partial charge in [-0.3, -0.25) is 19.8 Å². The molecule has 1 aliphatic rings. The van der Waals surface area contributed by atoms with Gasteiger partial charge < -0.3 is 9.84 Å². The molecule has 3 aromatic rings. The highest BCUT2D eigenvalue weighted by Gasteiger charge is 2.34. The van der Waals surface area contributed by atoms with Crippen LogP contribution in [-0.2, 0) is 16.2 Å². The second-order valence-electron chi connectivity index (χ2n) is 7.30. The molecule has 0 saturated carbocycles. The van der Waals surface area contributed by atoms with Crippen molar-refractivity contribution in [2.24, 2.45) is 0 Å². The number of carboxylic acids is 1. The molecule has 1 saturated heterocycles. The van der Waals surface area contributed by atoms with E-state index in [0.717, 1.165) is 4.90 Å². The molecule has 4 rings (SSSR count). The summed E-state index contributed by atoms with van der Waals surface area (Å²) in [6, 6.07) is 18.4. The van der Waals surface area contributed by atoms with Gasteiger partial charge in [0.2, 0.25) is 0 Å². The molecular weight excluding hydrogens is 459 g/mol. The average Bonchev–Trinajstić information content (AvgIpc) is 2.81. The molecule has 0 atom stereocenters. The third-order valence-corrected chi connectivity index (χ3v) is 5.22. The zero-order chi connectivity index (χ0) is 24.2. The summed E-state index contributed by atoms with van der Waals surface area (Å²) >= 11 is 5.14. The number of rotatable bonds is 6. The first-order valence-electron chi connectivity index (χ1n) is 10.0.